The first-order valence-corrected chi connectivity index (χ1v) is 7.49. The molecule has 22 heavy (non-hydrogen) atoms. The molecule has 0 aliphatic heterocycles. The van der Waals surface area contributed by atoms with Crippen LogP contribution in [0.3, 0.4) is 0 Å². The van der Waals surface area contributed by atoms with Crippen LogP contribution in [0.2, 0.25) is 0 Å². The number of benzene rings is 1. The van der Waals surface area contributed by atoms with Crippen LogP contribution in [-0.2, 0) is 11.2 Å². The van der Waals surface area contributed by atoms with E-state index >= 15 is 0 Å². The summed E-state index contributed by atoms with van der Waals surface area (Å²) in [6.45, 7) is 5.56. The summed E-state index contributed by atoms with van der Waals surface area (Å²) in [4.78, 5) is 6.57. The van der Waals surface area contributed by atoms with Crippen LogP contribution >= 0.6 is 24.0 Å². The van der Waals surface area contributed by atoms with Crippen LogP contribution in [0.1, 0.15) is 18.9 Å². The van der Waals surface area contributed by atoms with E-state index in [-0.39, 0.29) is 24.0 Å². The van der Waals surface area contributed by atoms with Crippen molar-refractivity contribution in [1.29, 1.82) is 0 Å². The lowest BCUT2D eigenvalue weighted by Gasteiger charge is -2.14. The third kappa shape index (κ3) is 9.22. The molecule has 0 unspecified atom stereocenters. The predicted molar refractivity (Wildman–Crippen MR) is 105 cm³/mol. The number of hydrogen-bond acceptors (Lipinski definition) is 3. The molecule has 3 N–H and O–H groups in total. The van der Waals surface area contributed by atoms with Crippen LogP contribution in [0.5, 0.6) is 0 Å². The quantitative estimate of drug-likeness (QED) is 0.279. The van der Waals surface area contributed by atoms with Crippen molar-refractivity contribution >= 4 is 35.6 Å². The maximum absolute atomic E-state index is 5.88. The first kappa shape index (κ1) is 21.1. The second-order valence-corrected chi connectivity index (χ2v) is 5.09. The highest BCUT2D eigenvalue weighted by atomic mass is 127. The lowest BCUT2D eigenvalue weighted by molar-refractivity contribution is 0.161. The third-order valence-electron chi connectivity index (χ3n) is 3.29. The standard InChI is InChI=1S/C16H28N4O.HI/c1-4-14-6-8-15(9-7-14)19-16(17)18-10-5-11-20(2)12-13-21-3;/h6-9H,4-5,10-13H2,1-3H3,(H3,17,18,19);1H. The van der Waals surface area contributed by atoms with Crippen LogP contribution in [-0.4, -0.2) is 51.3 Å². The van der Waals surface area contributed by atoms with E-state index in [2.05, 4.69) is 41.3 Å². The van der Waals surface area contributed by atoms with Crippen molar-refractivity contribution in [3.8, 4) is 0 Å². The molecule has 0 aromatic heterocycles. The van der Waals surface area contributed by atoms with Crippen molar-refractivity contribution < 1.29 is 4.74 Å². The number of nitrogens with two attached hydrogens (primary N) is 1. The molecule has 0 spiro atoms. The van der Waals surface area contributed by atoms with Gasteiger partial charge < -0.3 is 20.7 Å². The minimum atomic E-state index is 0. The smallest absolute Gasteiger partial charge is 0.193 e. The Bertz CT molecular complexity index is 423. The molecule has 0 heterocycles. The van der Waals surface area contributed by atoms with E-state index in [9.17, 15) is 0 Å². The Kier molecular flexibility index (Phi) is 12.2. The van der Waals surface area contributed by atoms with E-state index in [0.717, 1.165) is 44.8 Å². The normalized spacial score (nSPS) is 11.4. The number of aryl methyl sites for hydroxylation is 1. The molecule has 6 heteroatoms. The number of guanidine groups is 1. The summed E-state index contributed by atoms with van der Waals surface area (Å²) < 4.78 is 5.04. The van der Waals surface area contributed by atoms with Crippen molar-refractivity contribution in [3.05, 3.63) is 29.8 Å². The van der Waals surface area contributed by atoms with Gasteiger partial charge in [-0.3, -0.25) is 4.99 Å². The van der Waals surface area contributed by atoms with E-state index in [0.29, 0.717) is 5.96 Å². The maximum atomic E-state index is 5.88. The number of hydrogen-bond donors (Lipinski definition) is 2. The Hall–Kier alpha value is -0.860. The number of aliphatic imine (C=N–C) groups is 1. The summed E-state index contributed by atoms with van der Waals surface area (Å²) in [7, 11) is 3.80. The Balaban J connectivity index is 0.00000441. The molecule has 126 valence electrons. The van der Waals surface area contributed by atoms with Crippen molar-refractivity contribution in [2.45, 2.75) is 19.8 Å². The predicted octanol–water partition coefficient (Wildman–Crippen LogP) is 2.56. The summed E-state index contributed by atoms with van der Waals surface area (Å²) in [6, 6.07) is 8.25. The van der Waals surface area contributed by atoms with Crippen molar-refractivity contribution in [2.24, 2.45) is 10.7 Å². The number of ether oxygens (including phenoxy) is 1. The molecule has 0 fully saturated rings. The number of anilines is 1. The molecule has 0 saturated heterocycles. The van der Waals surface area contributed by atoms with Crippen molar-refractivity contribution in [3.63, 3.8) is 0 Å². The van der Waals surface area contributed by atoms with Crippen LogP contribution in [0.25, 0.3) is 0 Å². The van der Waals surface area contributed by atoms with Gasteiger partial charge in [-0.2, -0.15) is 0 Å². The Morgan fingerprint density at radius 3 is 2.55 bits per heavy atom. The summed E-state index contributed by atoms with van der Waals surface area (Å²) in [5.74, 6) is 0.471. The molecular weight excluding hydrogens is 391 g/mol. The first-order chi connectivity index (χ1) is 10.2. The Morgan fingerprint density at radius 2 is 1.95 bits per heavy atom. The summed E-state index contributed by atoms with van der Waals surface area (Å²) >= 11 is 0. The molecule has 0 aliphatic rings. The SMILES string of the molecule is CCc1ccc(NC(N)=NCCCN(C)CCOC)cc1.I. The largest absolute Gasteiger partial charge is 0.383 e. The number of nitrogens with zero attached hydrogens (tertiary/aromatic N) is 2. The molecule has 0 amide bonds. The average molecular weight is 420 g/mol. The monoisotopic (exact) mass is 420 g/mol. The van der Waals surface area contributed by atoms with E-state index in [4.69, 9.17) is 10.5 Å². The van der Waals surface area contributed by atoms with Gasteiger partial charge in [-0.15, -0.1) is 24.0 Å². The number of likely N-dealkylation sites (N-methyl/N-ethyl adjacent to an activating group) is 1. The highest BCUT2D eigenvalue weighted by Crippen LogP contribution is 2.09. The molecule has 1 aromatic rings. The number of rotatable bonds is 9. The molecule has 1 rings (SSSR count). The Labute approximate surface area is 151 Å². The summed E-state index contributed by atoms with van der Waals surface area (Å²) in [5.41, 5.74) is 8.17. The van der Waals surface area contributed by atoms with Crippen molar-refractivity contribution in [2.75, 3.05) is 45.7 Å². The number of nitrogens with one attached hydrogen (secondary N) is 1. The van der Waals surface area contributed by atoms with Gasteiger partial charge in [-0.1, -0.05) is 19.1 Å². The molecule has 0 saturated carbocycles. The van der Waals surface area contributed by atoms with Crippen LogP contribution < -0.4 is 11.1 Å². The van der Waals surface area contributed by atoms with Crippen LogP contribution in [0, 0.1) is 0 Å². The number of methoxy groups -OCH3 is 1. The van der Waals surface area contributed by atoms with Gasteiger partial charge in [0.2, 0.25) is 0 Å². The number of halogens is 1. The van der Waals surface area contributed by atoms with E-state index in [1.54, 1.807) is 7.11 Å². The zero-order valence-electron chi connectivity index (χ0n) is 13.8. The van der Waals surface area contributed by atoms with Gasteiger partial charge in [0.15, 0.2) is 5.96 Å². The molecule has 0 aliphatic carbocycles. The Morgan fingerprint density at radius 1 is 1.27 bits per heavy atom. The maximum Gasteiger partial charge on any atom is 0.193 e. The average Bonchev–Trinajstić information content (AvgIpc) is 2.50. The highest BCUT2D eigenvalue weighted by Gasteiger charge is 1.98. The fourth-order valence-electron chi connectivity index (χ4n) is 1.91. The fraction of sp³-hybridized carbons (Fsp3) is 0.562. The van der Waals surface area contributed by atoms with Crippen LogP contribution in [0.15, 0.2) is 29.3 Å². The minimum absolute atomic E-state index is 0. The second-order valence-electron chi connectivity index (χ2n) is 5.09. The molecular formula is C16H29IN4O. The highest BCUT2D eigenvalue weighted by molar-refractivity contribution is 14.0. The van der Waals surface area contributed by atoms with Gasteiger partial charge in [-0.05, 0) is 44.1 Å². The lowest BCUT2D eigenvalue weighted by atomic mass is 10.1. The zero-order valence-corrected chi connectivity index (χ0v) is 16.2. The molecule has 0 bridgehead atoms. The second kappa shape index (κ2) is 12.7. The third-order valence-corrected chi connectivity index (χ3v) is 3.29. The molecule has 0 radical (unpaired) electrons. The lowest BCUT2D eigenvalue weighted by Crippen LogP contribution is -2.25. The minimum Gasteiger partial charge on any atom is -0.383 e. The molecule has 5 nitrogen and oxygen atoms in total. The topological polar surface area (TPSA) is 62.9 Å². The first-order valence-electron chi connectivity index (χ1n) is 7.49. The van der Waals surface area contributed by atoms with Gasteiger partial charge >= 0.3 is 0 Å². The van der Waals surface area contributed by atoms with E-state index < -0.39 is 0 Å². The molecule has 0 atom stereocenters. The summed E-state index contributed by atoms with van der Waals surface area (Å²) in [5, 5.41) is 3.11. The zero-order chi connectivity index (χ0) is 15.5. The fourth-order valence-corrected chi connectivity index (χ4v) is 1.91. The van der Waals surface area contributed by atoms with Gasteiger partial charge in [0.1, 0.15) is 0 Å². The van der Waals surface area contributed by atoms with Gasteiger partial charge in [0.25, 0.3) is 0 Å². The van der Waals surface area contributed by atoms with Crippen molar-refractivity contribution in [1.82, 2.24) is 4.90 Å². The van der Waals surface area contributed by atoms with E-state index in [1.807, 2.05) is 12.1 Å². The van der Waals surface area contributed by atoms with Gasteiger partial charge in [0.05, 0.1) is 6.61 Å². The van der Waals surface area contributed by atoms with Gasteiger partial charge in [0, 0.05) is 25.9 Å². The van der Waals surface area contributed by atoms with E-state index in [1.165, 1.54) is 5.56 Å². The molecule has 1 aromatic carbocycles. The summed E-state index contributed by atoms with van der Waals surface area (Å²) in [6.07, 6.45) is 2.03. The van der Waals surface area contributed by atoms with Crippen LogP contribution in [0.4, 0.5) is 5.69 Å². The van der Waals surface area contributed by atoms with Gasteiger partial charge in [-0.25, -0.2) is 0 Å².